The number of benzene rings is 1. The average Bonchev–Trinajstić information content (AvgIpc) is 3.11. The number of fused-ring (bicyclic) bond motifs is 1. The Morgan fingerprint density at radius 3 is 2.38 bits per heavy atom. The molecule has 3 rings (SSSR count). The van der Waals surface area contributed by atoms with Crippen LogP contribution in [0, 0.1) is 0 Å². The highest BCUT2D eigenvalue weighted by atomic mass is 16.7. The maximum absolute atomic E-state index is 12.3. The molecule has 0 saturated carbocycles. The van der Waals surface area contributed by atoms with E-state index in [-0.39, 0.29) is 11.3 Å². The molecule has 1 aliphatic heterocycles. The second kappa shape index (κ2) is 6.01. The van der Waals surface area contributed by atoms with Crippen molar-refractivity contribution in [2.45, 2.75) is 6.04 Å². The second-order valence-corrected chi connectivity index (χ2v) is 5.45. The van der Waals surface area contributed by atoms with Gasteiger partial charge in [-0.15, -0.1) is 5.06 Å². The van der Waals surface area contributed by atoms with E-state index in [1.807, 2.05) is 41.9 Å². The van der Waals surface area contributed by atoms with E-state index in [1.165, 1.54) is 19.3 Å². The van der Waals surface area contributed by atoms with Crippen LogP contribution in [-0.2, 0) is 30.9 Å². The van der Waals surface area contributed by atoms with Crippen molar-refractivity contribution in [2.24, 2.45) is 7.05 Å². The largest absolute Gasteiger partial charge is 0.465 e. The van der Waals surface area contributed by atoms with Gasteiger partial charge in [-0.3, -0.25) is 0 Å². The van der Waals surface area contributed by atoms with Gasteiger partial charge in [-0.05, 0) is 17.5 Å². The number of hydroxylamine groups is 2. The number of hydrogen-bond donors (Lipinski definition) is 0. The van der Waals surface area contributed by atoms with Crippen molar-refractivity contribution in [1.29, 1.82) is 0 Å². The summed E-state index contributed by atoms with van der Waals surface area (Å²) in [5, 5.41) is 2.48. The lowest BCUT2D eigenvalue weighted by Gasteiger charge is -2.20. The molecular formula is C17H18N2O5. The fourth-order valence-electron chi connectivity index (χ4n) is 3.01. The van der Waals surface area contributed by atoms with Gasteiger partial charge in [0.05, 0.1) is 14.2 Å². The molecule has 1 aromatic carbocycles. The zero-order valence-electron chi connectivity index (χ0n) is 13.9. The maximum atomic E-state index is 12.3. The summed E-state index contributed by atoms with van der Waals surface area (Å²) in [5.74, 6) is -1.50. The molecule has 1 atom stereocenters. The van der Waals surface area contributed by atoms with Crippen molar-refractivity contribution in [3.05, 3.63) is 47.4 Å². The van der Waals surface area contributed by atoms with Gasteiger partial charge in [-0.25, -0.2) is 9.59 Å². The minimum absolute atomic E-state index is 0.123. The second-order valence-electron chi connectivity index (χ2n) is 5.45. The zero-order chi connectivity index (χ0) is 17.4. The van der Waals surface area contributed by atoms with Crippen LogP contribution in [0.15, 0.2) is 41.7 Å². The van der Waals surface area contributed by atoms with Crippen molar-refractivity contribution >= 4 is 22.8 Å². The number of methoxy groups -OCH3 is 2. The lowest BCUT2D eigenvalue weighted by molar-refractivity contribution is -0.152. The quantitative estimate of drug-likeness (QED) is 0.798. The molecule has 126 valence electrons. The van der Waals surface area contributed by atoms with Crippen LogP contribution in [0.4, 0.5) is 0 Å². The number of ether oxygens (including phenoxy) is 2. The molecule has 7 heteroatoms. The molecular weight excluding hydrogens is 312 g/mol. The Bertz CT molecular complexity index is 852. The Labute approximate surface area is 138 Å². The lowest BCUT2D eigenvalue weighted by atomic mass is 10.0. The van der Waals surface area contributed by atoms with Gasteiger partial charge in [-0.1, -0.05) is 18.2 Å². The predicted molar refractivity (Wildman–Crippen MR) is 85.6 cm³/mol. The molecule has 1 aliphatic rings. The van der Waals surface area contributed by atoms with Gasteiger partial charge in [0, 0.05) is 25.3 Å². The Morgan fingerprint density at radius 1 is 1.08 bits per heavy atom. The van der Waals surface area contributed by atoms with Crippen molar-refractivity contribution in [2.75, 3.05) is 21.3 Å². The molecule has 0 spiro atoms. The van der Waals surface area contributed by atoms with E-state index in [2.05, 4.69) is 0 Å². The number of aromatic nitrogens is 1. The van der Waals surface area contributed by atoms with Crippen molar-refractivity contribution in [3.8, 4) is 0 Å². The summed E-state index contributed by atoms with van der Waals surface area (Å²) in [6.07, 6.45) is 0. The summed E-state index contributed by atoms with van der Waals surface area (Å²) in [6, 6.07) is 9.23. The van der Waals surface area contributed by atoms with Crippen LogP contribution in [0.3, 0.4) is 0 Å². The molecule has 0 N–H and O–H groups in total. The van der Waals surface area contributed by atoms with E-state index in [0.717, 1.165) is 16.6 Å². The topological polar surface area (TPSA) is 70.0 Å². The number of aryl methyl sites for hydroxylation is 1. The number of para-hydroxylation sites is 1. The molecule has 0 aliphatic carbocycles. The van der Waals surface area contributed by atoms with E-state index in [1.54, 1.807) is 7.05 Å². The van der Waals surface area contributed by atoms with Gasteiger partial charge in [0.1, 0.15) is 11.6 Å². The summed E-state index contributed by atoms with van der Waals surface area (Å²) in [5.41, 5.74) is 1.94. The third-order valence-corrected chi connectivity index (χ3v) is 4.16. The lowest BCUT2D eigenvalue weighted by Crippen LogP contribution is -2.24. The number of nitrogens with zero attached hydrogens (tertiary/aromatic N) is 2. The van der Waals surface area contributed by atoms with Gasteiger partial charge >= 0.3 is 11.9 Å². The molecule has 0 fully saturated rings. The van der Waals surface area contributed by atoms with E-state index in [0.29, 0.717) is 0 Å². The van der Waals surface area contributed by atoms with E-state index in [4.69, 9.17) is 14.3 Å². The summed E-state index contributed by atoms with van der Waals surface area (Å²) in [6.45, 7) is 0. The van der Waals surface area contributed by atoms with Crippen LogP contribution >= 0.6 is 0 Å². The fraction of sp³-hybridized carbons (Fsp3) is 0.294. The first kappa shape index (κ1) is 16.1. The molecule has 2 aromatic rings. The third kappa shape index (κ3) is 2.33. The molecule has 0 saturated heterocycles. The Balaban J connectivity index is 2.19. The third-order valence-electron chi connectivity index (χ3n) is 4.16. The van der Waals surface area contributed by atoms with Crippen molar-refractivity contribution in [3.63, 3.8) is 0 Å². The zero-order valence-corrected chi connectivity index (χ0v) is 13.9. The van der Waals surface area contributed by atoms with Crippen LogP contribution in [0.25, 0.3) is 10.9 Å². The Morgan fingerprint density at radius 2 is 1.75 bits per heavy atom. The average molecular weight is 330 g/mol. The molecule has 1 unspecified atom stereocenters. The Kier molecular flexibility index (Phi) is 4.02. The number of esters is 2. The summed E-state index contributed by atoms with van der Waals surface area (Å²) in [4.78, 5) is 29.8. The van der Waals surface area contributed by atoms with E-state index >= 15 is 0 Å². The summed E-state index contributed by atoms with van der Waals surface area (Å²) in [7, 11) is 6.05. The van der Waals surface area contributed by atoms with Crippen molar-refractivity contribution < 1.29 is 23.9 Å². The minimum atomic E-state index is -0.719. The van der Waals surface area contributed by atoms with Crippen LogP contribution in [0.2, 0.25) is 0 Å². The van der Waals surface area contributed by atoms with Crippen LogP contribution in [0.5, 0.6) is 0 Å². The van der Waals surface area contributed by atoms with Gasteiger partial charge in [0.25, 0.3) is 0 Å². The SMILES string of the molecule is COC(=O)C1=C(C(=O)OC)C(c2cc3ccccc3n2C)N(C)O1. The highest BCUT2D eigenvalue weighted by Gasteiger charge is 2.43. The summed E-state index contributed by atoms with van der Waals surface area (Å²) >= 11 is 0. The molecule has 24 heavy (non-hydrogen) atoms. The first-order valence-corrected chi connectivity index (χ1v) is 7.35. The normalized spacial score (nSPS) is 17.9. The highest BCUT2D eigenvalue weighted by molar-refractivity contribution is 6.00. The van der Waals surface area contributed by atoms with E-state index < -0.39 is 18.0 Å². The summed E-state index contributed by atoms with van der Waals surface area (Å²) < 4.78 is 11.5. The Hall–Kier alpha value is -2.80. The number of hydrogen-bond acceptors (Lipinski definition) is 6. The van der Waals surface area contributed by atoms with Gasteiger partial charge in [0.2, 0.25) is 5.76 Å². The minimum Gasteiger partial charge on any atom is -0.465 e. The first-order valence-electron chi connectivity index (χ1n) is 7.35. The maximum Gasteiger partial charge on any atom is 0.376 e. The molecule has 2 heterocycles. The number of carbonyl (C=O) groups excluding carboxylic acids is 2. The van der Waals surface area contributed by atoms with Crippen LogP contribution in [0.1, 0.15) is 11.7 Å². The molecule has 0 radical (unpaired) electrons. The van der Waals surface area contributed by atoms with Gasteiger partial charge < -0.3 is 18.9 Å². The number of rotatable bonds is 3. The van der Waals surface area contributed by atoms with Gasteiger partial charge in [-0.2, -0.15) is 0 Å². The molecule has 7 nitrogen and oxygen atoms in total. The number of likely N-dealkylation sites (N-methyl/N-ethyl adjacent to an activating group) is 1. The van der Waals surface area contributed by atoms with Gasteiger partial charge in [0.15, 0.2) is 0 Å². The van der Waals surface area contributed by atoms with Crippen LogP contribution in [-0.4, -0.2) is 42.8 Å². The van der Waals surface area contributed by atoms with Crippen molar-refractivity contribution in [1.82, 2.24) is 9.63 Å². The molecule has 1 aromatic heterocycles. The molecule has 0 bridgehead atoms. The standard InChI is InChI=1S/C17H18N2O5/c1-18-11-8-6-5-7-10(11)9-12(18)14-13(16(20)22-3)15(17(21)23-4)24-19(14)2/h5-9,14H,1-4H3. The predicted octanol–water partition coefficient (Wildman–Crippen LogP) is 1.70. The smallest absolute Gasteiger partial charge is 0.376 e. The first-order chi connectivity index (χ1) is 11.5. The number of carbonyl (C=O) groups is 2. The highest BCUT2D eigenvalue weighted by Crippen LogP contribution is 2.39. The van der Waals surface area contributed by atoms with E-state index in [9.17, 15) is 9.59 Å². The monoisotopic (exact) mass is 330 g/mol. The van der Waals surface area contributed by atoms with Crippen LogP contribution < -0.4 is 0 Å². The molecule has 0 amide bonds. The fourth-order valence-corrected chi connectivity index (χ4v) is 3.01.